The first-order chi connectivity index (χ1) is 9.50. The molecule has 0 saturated carbocycles. The predicted octanol–water partition coefficient (Wildman–Crippen LogP) is 7.51. The Morgan fingerprint density at radius 3 is 1.15 bits per heavy atom. The highest BCUT2D eigenvalue weighted by atomic mass is 79.9. The van der Waals surface area contributed by atoms with E-state index in [9.17, 15) is 0 Å². The zero-order valence-corrected chi connectivity index (χ0v) is 17.5. The standard InChI is InChI=1S/C14H9Br3S3/c1-14(8-2-5-11(15)18-8,9-3-6-12(16)19-9)10-4-7-13(17)20-10/h2-7H,1H3. The van der Waals surface area contributed by atoms with Crippen LogP contribution in [0.15, 0.2) is 47.8 Å². The first kappa shape index (κ1) is 15.4. The highest BCUT2D eigenvalue weighted by Crippen LogP contribution is 2.48. The zero-order valence-electron chi connectivity index (χ0n) is 10.3. The molecule has 0 unspecified atom stereocenters. The Labute approximate surface area is 155 Å². The van der Waals surface area contributed by atoms with Crippen molar-refractivity contribution in [1.82, 2.24) is 0 Å². The number of hydrogen-bond acceptors (Lipinski definition) is 3. The van der Waals surface area contributed by atoms with Crippen molar-refractivity contribution in [2.45, 2.75) is 12.3 Å². The summed E-state index contributed by atoms with van der Waals surface area (Å²) < 4.78 is 3.51. The SMILES string of the molecule is CC(c1ccc(Br)s1)(c1ccc(Br)s1)c1ccc(Br)s1. The Balaban J connectivity index is 2.22. The lowest BCUT2D eigenvalue weighted by molar-refractivity contribution is 0.744. The summed E-state index contributed by atoms with van der Waals surface area (Å²) in [5.74, 6) is 0. The van der Waals surface area contributed by atoms with Crippen molar-refractivity contribution < 1.29 is 0 Å². The summed E-state index contributed by atoms with van der Waals surface area (Å²) in [5, 5.41) is 0. The van der Waals surface area contributed by atoms with Gasteiger partial charge in [0.1, 0.15) is 0 Å². The molecule has 0 radical (unpaired) electrons. The Kier molecular flexibility index (Phi) is 4.61. The maximum absolute atomic E-state index is 3.59. The normalized spacial score (nSPS) is 12.0. The summed E-state index contributed by atoms with van der Waals surface area (Å²) in [4.78, 5) is 4.06. The lowest BCUT2D eigenvalue weighted by atomic mass is 9.85. The van der Waals surface area contributed by atoms with E-state index in [-0.39, 0.29) is 5.41 Å². The number of rotatable bonds is 3. The maximum atomic E-state index is 3.59. The molecule has 0 aliphatic carbocycles. The van der Waals surface area contributed by atoms with Crippen LogP contribution in [0.1, 0.15) is 21.6 Å². The van der Waals surface area contributed by atoms with Gasteiger partial charge in [-0.3, -0.25) is 0 Å². The van der Waals surface area contributed by atoms with Gasteiger partial charge in [-0.05, 0) is 91.1 Å². The molecular weight excluding hydrogens is 504 g/mol. The second-order valence-corrected chi connectivity index (χ2v) is 11.8. The van der Waals surface area contributed by atoms with Crippen molar-refractivity contribution >= 4 is 81.8 Å². The van der Waals surface area contributed by atoms with Gasteiger partial charge in [-0.25, -0.2) is 0 Å². The van der Waals surface area contributed by atoms with E-state index in [1.807, 2.05) is 0 Å². The van der Waals surface area contributed by atoms with Crippen molar-refractivity contribution in [2.24, 2.45) is 0 Å². The van der Waals surface area contributed by atoms with E-state index in [1.54, 1.807) is 34.0 Å². The molecule has 6 heteroatoms. The quantitative estimate of drug-likeness (QED) is 0.340. The van der Waals surface area contributed by atoms with Crippen LogP contribution in [0.2, 0.25) is 0 Å². The minimum atomic E-state index is -0.0932. The summed E-state index contributed by atoms with van der Waals surface area (Å²) >= 11 is 16.2. The van der Waals surface area contributed by atoms with Crippen LogP contribution < -0.4 is 0 Å². The fourth-order valence-electron chi connectivity index (χ4n) is 2.11. The smallest absolute Gasteiger partial charge is 0.0704 e. The minimum absolute atomic E-state index is 0.0932. The van der Waals surface area contributed by atoms with Crippen LogP contribution >= 0.6 is 81.8 Å². The topological polar surface area (TPSA) is 0 Å². The molecule has 0 aliphatic rings. The van der Waals surface area contributed by atoms with Gasteiger partial charge in [0.2, 0.25) is 0 Å². The minimum Gasteiger partial charge on any atom is -0.132 e. The van der Waals surface area contributed by atoms with Gasteiger partial charge in [0.05, 0.1) is 16.8 Å². The van der Waals surface area contributed by atoms with Crippen molar-refractivity contribution in [3.63, 3.8) is 0 Å². The van der Waals surface area contributed by atoms with E-state index in [0.29, 0.717) is 0 Å². The molecule has 0 N–H and O–H groups in total. The van der Waals surface area contributed by atoms with E-state index in [2.05, 4.69) is 91.1 Å². The molecule has 3 heterocycles. The van der Waals surface area contributed by atoms with E-state index in [4.69, 9.17) is 0 Å². The van der Waals surface area contributed by atoms with Crippen LogP contribution in [0, 0.1) is 0 Å². The van der Waals surface area contributed by atoms with Crippen LogP contribution in [-0.2, 0) is 5.41 Å². The molecule has 0 amide bonds. The van der Waals surface area contributed by atoms with Crippen LogP contribution in [0.4, 0.5) is 0 Å². The maximum Gasteiger partial charge on any atom is 0.0704 e. The Hall–Kier alpha value is 0.540. The first-order valence-electron chi connectivity index (χ1n) is 5.77. The highest BCUT2D eigenvalue weighted by Gasteiger charge is 2.35. The van der Waals surface area contributed by atoms with Gasteiger partial charge in [-0.1, -0.05) is 0 Å². The summed E-state index contributed by atoms with van der Waals surface area (Å²) in [5.41, 5.74) is -0.0932. The Morgan fingerprint density at radius 2 is 0.950 bits per heavy atom. The second kappa shape index (κ2) is 5.97. The molecule has 0 aliphatic heterocycles. The van der Waals surface area contributed by atoms with Gasteiger partial charge in [-0.2, -0.15) is 0 Å². The Bertz CT molecular complexity index is 640. The van der Waals surface area contributed by atoms with Crippen LogP contribution in [0.5, 0.6) is 0 Å². The number of hydrogen-bond donors (Lipinski definition) is 0. The molecule has 104 valence electrons. The summed E-state index contributed by atoms with van der Waals surface area (Å²) in [6.45, 7) is 2.31. The molecule has 0 spiro atoms. The van der Waals surface area contributed by atoms with E-state index < -0.39 is 0 Å². The lowest BCUT2D eigenvalue weighted by Crippen LogP contribution is -2.21. The molecule has 0 nitrogen and oxygen atoms in total. The molecule has 3 rings (SSSR count). The molecule has 0 aromatic carbocycles. The van der Waals surface area contributed by atoms with Crippen molar-refractivity contribution in [2.75, 3.05) is 0 Å². The molecule has 0 atom stereocenters. The predicted molar refractivity (Wildman–Crippen MR) is 102 cm³/mol. The fourth-order valence-corrected chi connectivity index (χ4v) is 6.99. The molecular formula is C14H9Br3S3. The molecule has 0 saturated heterocycles. The first-order valence-corrected chi connectivity index (χ1v) is 10.6. The largest absolute Gasteiger partial charge is 0.132 e. The zero-order chi connectivity index (χ0) is 14.3. The van der Waals surface area contributed by atoms with Gasteiger partial charge < -0.3 is 0 Å². The van der Waals surface area contributed by atoms with Gasteiger partial charge in [0, 0.05) is 14.6 Å². The van der Waals surface area contributed by atoms with Crippen LogP contribution in [0.3, 0.4) is 0 Å². The summed E-state index contributed by atoms with van der Waals surface area (Å²) in [6, 6.07) is 13.0. The van der Waals surface area contributed by atoms with Crippen molar-refractivity contribution in [3.05, 3.63) is 62.4 Å². The second-order valence-electron chi connectivity index (χ2n) is 4.44. The average molecular weight is 513 g/mol. The van der Waals surface area contributed by atoms with Crippen molar-refractivity contribution in [1.29, 1.82) is 0 Å². The van der Waals surface area contributed by atoms with Gasteiger partial charge in [0.15, 0.2) is 0 Å². The summed E-state index contributed by atoms with van der Waals surface area (Å²) in [6.07, 6.45) is 0. The van der Waals surface area contributed by atoms with E-state index in [1.165, 1.54) is 26.0 Å². The molecule has 0 bridgehead atoms. The molecule has 3 aromatic heterocycles. The average Bonchev–Trinajstić information content (AvgIpc) is 3.10. The van der Waals surface area contributed by atoms with E-state index in [0.717, 1.165) is 0 Å². The Morgan fingerprint density at radius 1 is 0.650 bits per heavy atom. The third-order valence-corrected chi connectivity index (χ3v) is 8.73. The molecule has 20 heavy (non-hydrogen) atoms. The third kappa shape index (κ3) is 2.75. The van der Waals surface area contributed by atoms with Crippen LogP contribution in [-0.4, -0.2) is 0 Å². The van der Waals surface area contributed by atoms with E-state index >= 15 is 0 Å². The lowest BCUT2D eigenvalue weighted by Gasteiger charge is -2.26. The highest BCUT2D eigenvalue weighted by molar-refractivity contribution is 9.11. The number of thiophene rings is 3. The third-order valence-electron chi connectivity index (χ3n) is 3.20. The van der Waals surface area contributed by atoms with Gasteiger partial charge in [0.25, 0.3) is 0 Å². The van der Waals surface area contributed by atoms with Crippen LogP contribution in [0.25, 0.3) is 0 Å². The number of halogens is 3. The summed E-state index contributed by atoms with van der Waals surface area (Å²) in [7, 11) is 0. The molecule has 0 fully saturated rings. The van der Waals surface area contributed by atoms with Gasteiger partial charge in [-0.15, -0.1) is 34.0 Å². The van der Waals surface area contributed by atoms with Gasteiger partial charge >= 0.3 is 0 Å². The fraction of sp³-hybridized carbons (Fsp3) is 0.143. The monoisotopic (exact) mass is 510 g/mol. The molecule has 3 aromatic rings. The van der Waals surface area contributed by atoms with Crippen molar-refractivity contribution in [3.8, 4) is 0 Å².